The van der Waals surface area contributed by atoms with E-state index in [0.29, 0.717) is 30.9 Å². The Kier molecular flexibility index (Phi) is 5.20. The molecule has 1 N–H and O–H groups in total. The zero-order valence-corrected chi connectivity index (χ0v) is 15.3. The molecule has 4 rings (SSSR count). The molecule has 8 nitrogen and oxygen atoms in total. The molecule has 144 valence electrons. The molecule has 1 aromatic heterocycles. The predicted octanol–water partition coefficient (Wildman–Crippen LogP) is 0.567. The van der Waals surface area contributed by atoms with E-state index in [-0.39, 0.29) is 19.1 Å². The fourth-order valence-electron chi connectivity index (χ4n) is 3.90. The molecule has 2 aliphatic heterocycles. The van der Waals surface area contributed by atoms with E-state index >= 15 is 0 Å². The summed E-state index contributed by atoms with van der Waals surface area (Å²) < 4.78 is 7.22. The van der Waals surface area contributed by atoms with Crippen molar-refractivity contribution in [2.75, 3.05) is 45.9 Å². The van der Waals surface area contributed by atoms with Crippen molar-refractivity contribution in [3.8, 4) is 5.69 Å². The third-order valence-electron chi connectivity index (χ3n) is 5.17. The number of rotatable bonds is 4. The van der Waals surface area contributed by atoms with Gasteiger partial charge in [-0.25, -0.2) is 9.67 Å². The summed E-state index contributed by atoms with van der Waals surface area (Å²) in [6.07, 6.45) is 5.33. The second-order valence-electron chi connectivity index (χ2n) is 7.34. The van der Waals surface area contributed by atoms with Gasteiger partial charge in [-0.1, -0.05) is 12.1 Å². The van der Waals surface area contributed by atoms with Crippen molar-refractivity contribution in [3.63, 3.8) is 0 Å². The Labute approximate surface area is 158 Å². The lowest BCUT2D eigenvalue weighted by Crippen LogP contribution is -2.53. The molecule has 1 atom stereocenters. The van der Waals surface area contributed by atoms with Gasteiger partial charge in [0, 0.05) is 13.1 Å². The van der Waals surface area contributed by atoms with Crippen LogP contribution in [0.5, 0.6) is 0 Å². The van der Waals surface area contributed by atoms with Crippen LogP contribution in [-0.4, -0.2) is 87.1 Å². The fourth-order valence-corrected chi connectivity index (χ4v) is 3.90. The van der Waals surface area contributed by atoms with Gasteiger partial charge < -0.3 is 19.6 Å². The van der Waals surface area contributed by atoms with Crippen molar-refractivity contribution in [2.24, 2.45) is 0 Å². The summed E-state index contributed by atoms with van der Waals surface area (Å²) in [5, 5.41) is 15.3. The zero-order valence-electron chi connectivity index (χ0n) is 15.3. The number of carbonyl (C=O) groups excluding carboxylic acids is 1. The van der Waals surface area contributed by atoms with Crippen LogP contribution in [0.25, 0.3) is 5.69 Å². The number of hydrogen-bond donors (Lipinski definition) is 1. The number of carbonyl (C=O) groups is 1. The van der Waals surface area contributed by atoms with Crippen LogP contribution in [-0.2, 0) is 4.74 Å². The van der Waals surface area contributed by atoms with Crippen molar-refractivity contribution in [3.05, 3.63) is 42.5 Å². The Morgan fingerprint density at radius 2 is 2.04 bits per heavy atom. The van der Waals surface area contributed by atoms with Crippen molar-refractivity contribution in [1.82, 2.24) is 24.6 Å². The first-order valence-electron chi connectivity index (χ1n) is 9.40. The molecule has 8 heteroatoms. The molecular formula is C19H25N5O3. The molecule has 0 radical (unpaired) electrons. The average molecular weight is 371 g/mol. The van der Waals surface area contributed by atoms with Gasteiger partial charge in [0.1, 0.15) is 18.3 Å². The lowest BCUT2D eigenvalue weighted by Gasteiger charge is -2.34. The minimum absolute atomic E-state index is 0.133. The smallest absolute Gasteiger partial charge is 0.256 e. The maximum absolute atomic E-state index is 13.3. The molecule has 0 bridgehead atoms. The van der Waals surface area contributed by atoms with E-state index in [0.717, 1.165) is 25.9 Å². The van der Waals surface area contributed by atoms with Crippen molar-refractivity contribution < 1.29 is 14.6 Å². The van der Waals surface area contributed by atoms with E-state index in [1.165, 1.54) is 6.33 Å². The highest BCUT2D eigenvalue weighted by atomic mass is 16.5. The van der Waals surface area contributed by atoms with Gasteiger partial charge in [-0.3, -0.25) is 4.79 Å². The van der Waals surface area contributed by atoms with Crippen LogP contribution in [0.3, 0.4) is 0 Å². The van der Waals surface area contributed by atoms with Crippen molar-refractivity contribution in [1.29, 1.82) is 0 Å². The van der Waals surface area contributed by atoms with Crippen molar-refractivity contribution >= 4 is 5.91 Å². The maximum Gasteiger partial charge on any atom is 0.256 e. The Morgan fingerprint density at radius 3 is 2.81 bits per heavy atom. The molecular weight excluding hydrogens is 346 g/mol. The van der Waals surface area contributed by atoms with Gasteiger partial charge >= 0.3 is 0 Å². The standard InChI is InChI=1S/C19H25N5O3/c25-18(16-5-1-2-6-17(16)24-15-20-14-21-24)23-9-10-27-13-19(26,12-23)11-22-7-3-4-8-22/h1-2,5-6,14-15,26H,3-4,7-13H2/t19-/m0/s1. The third-order valence-corrected chi connectivity index (χ3v) is 5.17. The average Bonchev–Trinajstić information content (AvgIpc) is 3.34. The predicted molar refractivity (Wildman–Crippen MR) is 98.7 cm³/mol. The number of ether oxygens (including phenoxy) is 1. The van der Waals surface area contributed by atoms with Crippen LogP contribution in [0.2, 0.25) is 0 Å². The minimum Gasteiger partial charge on any atom is -0.384 e. The van der Waals surface area contributed by atoms with E-state index in [1.54, 1.807) is 22.0 Å². The van der Waals surface area contributed by atoms with E-state index in [1.807, 2.05) is 18.2 Å². The van der Waals surface area contributed by atoms with Crippen LogP contribution < -0.4 is 0 Å². The summed E-state index contributed by atoms with van der Waals surface area (Å²) in [6.45, 7) is 3.89. The quantitative estimate of drug-likeness (QED) is 0.846. The molecule has 3 heterocycles. The van der Waals surface area contributed by atoms with Gasteiger partial charge in [-0.05, 0) is 38.1 Å². The summed E-state index contributed by atoms with van der Waals surface area (Å²) in [5.41, 5.74) is 0.153. The number of hydrogen-bond acceptors (Lipinski definition) is 6. The molecule has 0 unspecified atom stereocenters. The Hall–Kier alpha value is -2.29. The molecule has 2 fully saturated rings. The van der Waals surface area contributed by atoms with Gasteiger partial charge in [0.15, 0.2) is 0 Å². The molecule has 0 spiro atoms. The van der Waals surface area contributed by atoms with Gasteiger partial charge in [-0.15, -0.1) is 0 Å². The molecule has 1 aromatic carbocycles. The first-order valence-corrected chi connectivity index (χ1v) is 9.40. The molecule has 2 aromatic rings. The van der Waals surface area contributed by atoms with Crippen LogP contribution in [0.1, 0.15) is 23.2 Å². The van der Waals surface area contributed by atoms with Crippen LogP contribution in [0.4, 0.5) is 0 Å². The lowest BCUT2D eigenvalue weighted by atomic mass is 10.0. The Morgan fingerprint density at radius 1 is 1.22 bits per heavy atom. The van der Waals surface area contributed by atoms with Crippen LogP contribution >= 0.6 is 0 Å². The van der Waals surface area contributed by atoms with E-state index < -0.39 is 5.60 Å². The number of β-amino-alcohol motifs (C(OH)–C–C–N with tert-alkyl or cyclic N) is 1. The monoisotopic (exact) mass is 371 g/mol. The second kappa shape index (κ2) is 7.75. The number of likely N-dealkylation sites (tertiary alicyclic amines) is 1. The van der Waals surface area contributed by atoms with E-state index in [4.69, 9.17) is 4.74 Å². The number of amides is 1. The molecule has 2 aliphatic rings. The highest BCUT2D eigenvalue weighted by molar-refractivity contribution is 5.97. The number of aromatic nitrogens is 3. The molecule has 0 aliphatic carbocycles. The first-order chi connectivity index (χ1) is 13.1. The normalized spacial score (nSPS) is 24.1. The van der Waals surface area contributed by atoms with Gasteiger partial charge in [-0.2, -0.15) is 5.10 Å². The highest BCUT2D eigenvalue weighted by Gasteiger charge is 2.37. The van der Waals surface area contributed by atoms with Crippen molar-refractivity contribution in [2.45, 2.75) is 18.4 Å². The summed E-state index contributed by atoms with van der Waals surface area (Å²) in [7, 11) is 0. The first kappa shape index (κ1) is 18.1. The van der Waals surface area contributed by atoms with Gasteiger partial charge in [0.25, 0.3) is 5.91 Å². The third kappa shape index (κ3) is 4.02. The summed E-state index contributed by atoms with van der Waals surface area (Å²) in [6, 6.07) is 7.32. The van der Waals surface area contributed by atoms with E-state index in [9.17, 15) is 9.90 Å². The SMILES string of the molecule is O=C(c1ccccc1-n1cncn1)N1CCOC[C@](O)(CN2CCCC2)C1. The number of para-hydroxylation sites is 1. The van der Waals surface area contributed by atoms with Gasteiger partial charge in [0.05, 0.1) is 31.0 Å². The second-order valence-corrected chi connectivity index (χ2v) is 7.34. The Balaban J connectivity index is 1.56. The molecule has 1 amide bonds. The van der Waals surface area contributed by atoms with Gasteiger partial charge in [0.2, 0.25) is 0 Å². The highest BCUT2D eigenvalue weighted by Crippen LogP contribution is 2.21. The number of benzene rings is 1. The Bertz CT molecular complexity index is 775. The topological polar surface area (TPSA) is 83.7 Å². The minimum atomic E-state index is -1.06. The van der Waals surface area contributed by atoms with Crippen LogP contribution in [0.15, 0.2) is 36.9 Å². The summed E-state index contributed by atoms with van der Waals surface area (Å²) >= 11 is 0. The molecule has 2 saturated heterocycles. The van der Waals surface area contributed by atoms with Crippen LogP contribution in [0, 0.1) is 0 Å². The lowest BCUT2D eigenvalue weighted by molar-refractivity contribution is -0.0524. The van der Waals surface area contributed by atoms with E-state index in [2.05, 4.69) is 15.0 Å². The fraction of sp³-hybridized carbons (Fsp3) is 0.526. The maximum atomic E-state index is 13.3. The zero-order chi connectivity index (χ0) is 18.7. The number of nitrogens with zero attached hydrogens (tertiary/aromatic N) is 5. The summed E-state index contributed by atoms with van der Waals surface area (Å²) in [5.74, 6) is -0.133. The molecule has 27 heavy (non-hydrogen) atoms. The largest absolute Gasteiger partial charge is 0.384 e. The molecule has 0 saturated carbocycles. The summed E-state index contributed by atoms with van der Waals surface area (Å²) in [4.78, 5) is 21.2. The number of aliphatic hydroxyl groups is 1.